The first-order chi connectivity index (χ1) is 13.5. The van der Waals surface area contributed by atoms with Gasteiger partial charge in [-0.2, -0.15) is 0 Å². The lowest BCUT2D eigenvalue weighted by atomic mass is 9.92. The minimum absolute atomic E-state index is 0.101. The smallest absolute Gasteiger partial charge is 0.123 e. The molecule has 0 saturated carbocycles. The molecule has 1 atom stereocenters. The molecular formula is C25H26O3. The van der Waals surface area contributed by atoms with Gasteiger partial charge in [-0.25, -0.2) is 0 Å². The standard InChI is InChI=1S/C25H26O3/c1-16(2)22-13-19(9-10-23(22)27-14-18-7-5-4-6-8-18)25-24-17(3)11-21(26)12-20(24)15-28-25/h4-13,16,25-26H,14-15H2,1-3H3. The van der Waals surface area contributed by atoms with Gasteiger partial charge in [0.1, 0.15) is 24.2 Å². The Morgan fingerprint density at radius 2 is 1.86 bits per heavy atom. The van der Waals surface area contributed by atoms with E-state index in [-0.39, 0.29) is 6.10 Å². The van der Waals surface area contributed by atoms with Crippen molar-refractivity contribution in [1.82, 2.24) is 0 Å². The number of aromatic hydroxyl groups is 1. The Morgan fingerprint density at radius 3 is 2.61 bits per heavy atom. The average Bonchev–Trinajstić information content (AvgIpc) is 3.11. The van der Waals surface area contributed by atoms with E-state index in [4.69, 9.17) is 9.47 Å². The van der Waals surface area contributed by atoms with E-state index in [2.05, 4.69) is 44.2 Å². The lowest BCUT2D eigenvalue weighted by Gasteiger charge is -2.19. The summed E-state index contributed by atoms with van der Waals surface area (Å²) < 4.78 is 12.2. The molecule has 1 N–H and O–H groups in total. The van der Waals surface area contributed by atoms with E-state index < -0.39 is 0 Å². The third-order valence-corrected chi connectivity index (χ3v) is 5.32. The van der Waals surface area contributed by atoms with Gasteiger partial charge >= 0.3 is 0 Å². The number of aryl methyl sites for hydroxylation is 1. The predicted octanol–water partition coefficient (Wildman–Crippen LogP) is 6.02. The fourth-order valence-electron chi connectivity index (χ4n) is 3.91. The molecule has 144 valence electrons. The summed E-state index contributed by atoms with van der Waals surface area (Å²) in [6.07, 6.45) is -0.101. The van der Waals surface area contributed by atoms with Crippen LogP contribution in [0.1, 0.15) is 59.3 Å². The molecule has 0 fully saturated rings. The van der Waals surface area contributed by atoms with Crippen molar-refractivity contribution in [3.63, 3.8) is 0 Å². The molecule has 1 aliphatic heterocycles. The average molecular weight is 374 g/mol. The summed E-state index contributed by atoms with van der Waals surface area (Å²) in [5, 5.41) is 9.87. The highest BCUT2D eigenvalue weighted by Crippen LogP contribution is 2.41. The maximum absolute atomic E-state index is 9.87. The van der Waals surface area contributed by atoms with Crippen molar-refractivity contribution in [2.45, 2.75) is 46.0 Å². The van der Waals surface area contributed by atoms with Gasteiger partial charge in [-0.1, -0.05) is 50.2 Å². The number of rotatable bonds is 5. The Hall–Kier alpha value is -2.78. The summed E-state index contributed by atoms with van der Waals surface area (Å²) in [6.45, 7) is 7.48. The highest BCUT2D eigenvalue weighted by molar-refractivity contribution is 5.49. The maximum Gasteiger partial charge on any atom is 0.123 e. The molecular weight excluding hydrogens is 348 g/mol. The normalized spacial score (nSPS) is 15.6. The Morgan fingerprint density at radius 1 is 1.07 bits per heavy atom. The molecule has 1 heterocycles. The molecule has 1 aliphatic rings. The van der Waals surface area contributed by atoms with Crippen molar-refractivity contribution >= 4 is 0 Å². The van der Waals surface area contributed by atoms with Gasteiger partial charge in [-0.15, -0.1) is 0 Å². The maximum atomic E-state index is 9.87. The van der Waals surface area contributed by atoms with Crippen LogP contribution in [0.4, 0.5) is 0 Å². The van der Waals surface area contributed by atoms with Gasteiger partial charge in [0.2, 0.25) is 0 Å². The Kier molecular flexibility index (Phi) is 5.10. The van der Waals surface area contributed by atoms with Crippen LogP contribution in [0.5, 0.6) is 11.5 Å². The molecule has 0 aliphatic carbocycles. The van der Waals surface area contributed by atoms with Crippen LogP contribution in [0.2, 0.25) is 0 Å². The lowest BCUT2D eigenvalue weighted by molar-refractivity contribution is 0.0935. The quantitative estimate of drug-likeness (QED) is 0.593. The summed E-state index contributed by atoms with van der Waals surface area (Å²) in [6, 6.07) is 20.2. The highest BCUT2D eigenvalue weighted by Gasteiger charge is 2.28. The highest BCUT2D eigenvalue weighted by atomic mass is 16.5. The first-order valence-electron chi connectivity index (χ1n) is 9.77. The van der Waals surface area contributed by atoms with Crippen LogP contribution >= 0.6 is 0 Å². The van der Waals surface area contributed by atoms with Crippen molar-refractivity contribution in [2.24, 2.45) is 0 Å². The van der Waals surface area contributed by atoms with Crippen LogP contribution < -0.4 is 4.74 Å². The largest absolute Gasteiger partial charge is 0.508 e. The van der Waals surface area contributed by atoms with Crippen molar-refractivity contribution in [1.29, 1.82) is 0 Å². The predicted molar refractivity (Wildman–Crippen MR) is 111 cm³/mol. The molecule has 3 nitrogen and oxygen atoms in total. The van der Waals surface area contributed by atoms with Gasteiger partial charge in [0, 0.05) is 0 Å². The Labute approximate surface area is 166 Å². The van der Waals surface area contributed by atoms with Gasteiger partial charge in [-0.3, -0.25) is 0 Å². The Balaban J connectivity index is 1.63. The lowest BCUT2D eigenvalue weighted by Crippen LogP contribution is -2.05. The molecule has 0 radical (unpaired) electrons. The van der Waals surface area contributed by atoms with Crippen molar-refractivity contribution < 1.29 is 14.6 Å². The van der Waals surface area contributed by atoms with E-state index in [1.165, 1.54) is 11.1 Å². The third kappa shape index (κ3) is 3.63. The van der Waals surface area contributed by atoms with Crippen LogP contribution in [0, 0.1) is 6.92 Å². The number of hydrogen-bond donors (Lipinski definition) is 1. The molecule has 3 aromatic rings. The second-order valence-electron chi connectivity index (χ2n) is 7.75. The molecule has 0 saturated heterocycles. The Bertz CT molecular complexity index is 977. The summed E-state index contributed by atoms with van der Waals surface area (Å²) in [5.74, 6) is 1.56. The van der Waals surface area contributed by atoms with E-state index >= 15 is 0 Å². The van der Waals surface area contributed by atoms with Gasteiger partial charge in [0.05, 0.1) is 6.61 Å². The summed E-state index contributed by atoms with van der Waals surface area (Å²) >= 11 is 0. The van der Waals surface area contributed by atoms with E-state index in [9.17, 15) is 5.11 Å². The second-order valence-corrected chi connectivity index (χ2v) is 7.75. The molecule has 4 rings (SSSR count). The first kappa shape index (κ1) is 18.6. The number of phenols is 1. The van der Waals surface area contributed by atoms with Gasteiger partial charge in [0.25, 0.3) is 0 Å². The van der Waals surface area contributed by atoms with Crippen LogP contribution in [0.15, 0.2) is 60.7 Å². The number of benzene rings is 3. The zero-order chi connectivity index (χ0) is 19.7. The molecule has 0 aromatic heterocycles. The zero-order valence-corrected chi connectivity index (χ0v) is 16.6. The van der Waals surface area contributed by atoms with Gasteiger partial charge in [0.15, 0.2) is 0 Å². The van der Waals surface area contributed by atoms with Gasteiger partial charge in [-0.05, 0) is 70.5 Å². The molecule has 0 spiro atoms. The van der Waals surface area contributed by atoms with Gasteiger partial charge < -0.3 is 14.6 Å². The minimum Gasteiger partial charge on any atom is -0.508 e. The van der Waals surface area contributed by atoms with E-state index in [1.54, 1.807) is 6.07 Å². The van der Waals surface area contributed by atoms with Crippen molar-refractivity contribution in [3.8, 4) is 11.5 Å². The van der Waals surface area contributed by atoms with Crippen molar-refractivity contribution in [2.75, 3.05) is 0 Å². The first-order valence-corrected chi connectivity index (χ1v) is 9.77. The number of ether oxygens (including phenoxy) is 2. The fourth-order valence-corrected chi connectivity index (χ4v) is 3.91. The SMILES string of the molecule is Cc1cc(O)cc2c1C(c1ccc(OCc3ccccc3)c(C(C)C)c1)OC2. The molecule has 0 amide bonds. The monoisotopic (exact) mass is 374 g/mol. The summed E-state index contributed by atoms with van der Waals surface area (Å²) in [7, 11) is 0. The zero-order valence-electron chi connectivity index (χ0n) is 16.6. The topological polar surface area (TPSA) is 38.7 Å². The molecule has 0 bridgehead atoms. The number of fused-ring (bicyclic) bond motifs is 1. The van der Waals surface area contributed by atoms with E-state index in [0.29, 0.717) is 24.9 Å². The molecule has 3 heteroatoms. The van der Waals surface area contributed by atoms with Crippen LogP contribution in [0.25, 0.3) is 0 Å². The summed E-state index contributed by atoms with van der Waals surface area (Å²) in [4.78, 5) is 0. The fraction of sp³-hybridized carbons (Fsp3) is 0.280. The van der Waals surface area contributed by atoms with Crippen LogP contribution in [0.3, 0.4) is 0 Å². The second kappa shape index (κ2) is 7.69. The minimum atomic E-state index is -0.101. The summed E-state index contributed by atoms with van der Waals surface area (Å²) in [5.41, 5.74) is 6.77. The third-order valence-electron chi connectivity index (χ3n) is 5.32. The number of hydrogen-bond acceptors (Lipinski definition) is 3. The van der Waals surface area contributed by atoms with Crippen LogP contribution in [-0.2, 0) is 18.0 Å². The number of phenolic OH excluding ortho intramolecular Hbond substituents is 1. The van der Waals surface area contributed by atoms with E-state index in [0.717, 1.165) is 28.0 Å². The molecule has 28 heavy (non-hydrogen) atoms. The van der Waals surface area contributed by atoms with Crippen LogP contribution in [-0.4, -0.2) is 5.11 Å². The molecule has 3 aromatic carbocycles. The van der Waals surface area contributed by atoms with E-state index in [1.807, 2.05) is 31.2 Å². The van der Waals surface area contributed by atoms with Crippen molar-refractivity contribution in [3.05, 3.63) is 94.0 Å². The molecule has 1 unspecified atom stereocenters.